The summed E-state index contributed by atoms with van der Waals surface area (Å²) in [6.45, 7) is 0.860. The fourth-order valence-corrected chi connectivity index (χ4v) is 3.16. The molecule has 4 nitrogen and oxygen atoms in total. The molecule has 1 aliphatic rings. The highest BCUT2D eigenvalue weighted by Gasteiger charge is 2.56. The van der Waals surface area contributed by atoms with E-state index in [2.05, 4.69) is 10.6 Å². The van der Waals surface area contributed by atoms with Crippen LogP contribution in [0.15, 0.2) is 48.5 Å². The monoisotopic (exact) mass is 390 g/mol. The lowest BCUT2D eigenvalue weighted by molar-refractivity contribution is -0.137. The van der Waals surface area contributed by atoms with Crippen molar-refractivity contribution in [2.75, 3.05) is 6.54 Å². The van der Waals surface area contributed by atoms with Crippen molar-refractivity contribution in [1.82, 2.24) is 10.6 Å². The van der Waals surface area contributed by atoms with Crippen LogP contribution in [0, 0.1) is 5.41 Å². The highest BCUT2D eigenvalue weighted by atomic mass is 35.5. The molecule has 0 atom stereocenters. The van der Waals surface area contributed by atoms with Crippen LogP contribution in [0.1, 0.15) is 24.0 Å². The number of hydrogen-bond donors (Lipinski definition) is 2. The van der Waals surface area contributed by atoms with E-state index in [0.717, 1.165) is 11.1 Å². The summed E-state index contributed by atoms with van der Waals surface area (Å²) in [5.74, 6) is -0.416. The van der Waals surface area contributed by atoms with E-state index < -0.39 is 5.41 Å². The van der Waals surface area contributed by atoms with Crippen molar-refractivity contribution in [3.05, 3.63) is 69.7 Å². The van der Waals surface area contributed by atoms with Gasteiger partial charge in [-0.15, -0.1) is 0 Å². The van der Waals surface area contributed by atoms with Crippen LogP contribution < -0.4 is 10.6 Å². The van der Waals surface area contributed by atoms with Gasteiger partial charge in [0.25, 0.3) is 0 Å². The molecule has 2 aromatic rings. The quantitative estimate of drug-likeness (QED) is 0.707. The number of rotatable bonds is 7. The second kappa shape index (κ2) is 8.11. The molecule has 0 aliphatic heterocycles. The van der Waals surface area contributed by atoms with E-state index in [-0.39, 0.29) is 11.8 Å². The SMILES string of the molecule is O=C(NCCc1cccc(Cl)c1)C1(C(=O)NCc2ccc(Cl)cc2)CC1. The van der Waals surface area contributed by atoms with Crippen molar-refractivity contribution in [3.63, 3.8) is 0 Å². The maximum Gasteiger partial charge on any atom is 0.235 e. The molecule has 0 radical (unpaired) electrons. The lowest BCUT2D eigenvalue weighted by Crippen LogP contribution is -2.43. The summed E-state index contributed by atoms with van der Waals surface area (Å²) in [7, 11) is 0. The van der Waals surface area contributed by atoms with Crippen molar-refractivity contribution in [2.24, 2.45) is 5.41 Å². The first-order valence-corrected chi connectivity index (χ1v) is 9.31. The van der Waals surface area contributed by atoms with Gasteiger partial charge in [-0.1, -0.05) is 47.5 Å². The Labute approximate surface area is 162 Å². The topological polar surface area (TPSA) is 58.2 Å². The molecular weight excluding hydrogens is 371 g/mol. The van der Waals surface area contributed by atoms with Gasteiger partial charge in [0.15, 0.2) is 0 Å². The van der Waals surface area contributed by atoms with Gasteiger partial charge in [0, 0.05) is 23.1 Å². The molecule has 1 aliphatic carbocycles. The Bertz CT molecular complexity index is 802. The molecule has 3 rings (SSSR count). The first-order chi connectivity index (χ1) is 12.5. The average Bonchev–Trinajstić information content (AvgIpc) is 3.43. The highest BCUT2D eigenvalue weighted by molar-refractivity contribution is 6.30. The summed E-state index contributed by atoms with van der Waals surface area (Å²) in [6.07, 6.45) is 1.85. The molecule has 0 heterocycles. The van der Waals surface area contributed by atoms with Crippen molar-refractivity contribution < 1.29 is 9.59 Å². The second-order valence-corrected chi connectivity index (χ2v) is 7.40. The predicted molar refractivity (Wildman–Crippen MR) is 103 cm³/mol. The third-order valence-electron chi connectivity index (χ3n) is 4.57. The minimum absolute atomic E-state index is 0.201. The number of halogens is 2. The van der Waals surface area contributed by atoms with Crippen LogP contribution in [0.4, 0.5) is 0 Å². The van der Waals surface area contributed by atoms with Crippen molar-refractivity contribution >= 4 is 35.0 Å². The molecule has 0 unspecified atom stereocenters. The minimum Gasteiger partial charge on any atom is -0.355 e. The van der Waals surface area contributed by atoms with Crippen LogP contribution in [0.5, 0.6) is 0 Å². The molecule has 0 aromatic heterocycles. The standard InChI is InChI=1S/C20H20Cl2N2O2/c21-16-6-4-15(5-7-16)13-24-19(26)20(9-10-20)18(25)23-11-8-14-2-1-3-17(22)12-14/h1-7,12H,8-11,13H2,(H,23,25)(H,24,26). The van der Waals surface area contributed by atoms with E-state index in [9.17, 15) is 9.59 Å². The number of carbonyl (C=O) groups is 2. The van der Waals surface area contributed by atoms with Gasteiger partial charge in [0.05, 0.1) is 0 Å². The summed E-state index contributed by atoms with van der Waals surface area (Å²) in [6, 6.07) is 14.8. The van der Waals surface area contributed by atoms with Gasteiger partial charge in [0.2, 0.25) is 11.8 Å². The smallest absolute Gasteiger partial charge is 0.235 e. The third-order valence-corrected chi connectivity index (χ3v) is 5.06. The first-order valence-electron chi connectivity index (χ1n) is 8.55. The maximum atomic E-state index is 12.5. The molecule has 2 aromatic carbocycles. The fourth-order valence-electron chi connectivity index (χ4n) is 2.82. The van der Waals surface area contributed by atoms with Gasteiger partial charge in [-0.25, -0.2) is 0 Å². The average molecular weight is 391 g/mol. The van der Waals surface area contributed by atoms with Gasteiger partial charge in [-0.3, -0.25) is 9.59 Å². The van der Waals surface area contributed by atoms with Crippen molar-refractivity contribution in [3.8, 4) is 0 Å². The molecule has 0 bridgehead atoms. The predicted octanol–water partition coefficient (Wildman–Crippen LogP) is 3.75. The Balaban J connectivity index is 1.48. The number of hydrogen-bond acceptors (Lipinski definition) is 2. The van der Waals surface area contributed by atoms with Gasteiger partial charge < -0.3 is 10.6 Å². The number of amides is 2. The normalized spacial score (nSPS) is 14.5. The Morgan fingerprint density at radius 3 is 2.23 bits per heavy atom. The fraction of sp³-hybridized carbons (Fsp3) is 0.300. The minimum atomic E-state index is -0.916. The first kappa shape index (κ1) is 18.7. The number of benzene rings is 2. The summed E-state index contributed by atoms with van der Waals surface area (Å²) in [5, 5.41) is 7.06. The Morgan fingerprint density at radius 1 is 0.885 bits per heavy atom. The summed E-state index contributed by atoms with van der Waals surface area (Å²) in [5.41, 5.74) is 1.08. The van der Waals surface area contributed by atoms with Crippen LogP contribution in [0.25, 0.3) is 0 Å². The number of carbonyl (C=O) groups excluding carboxylic acids is 2. The van der Waals surface area contributed by atoms with Crippen LogP contribution in [0.2, 0.25) is 10.0 Å². The summed E-state index contributed by atoms with van der Waals surface area (Å²) < 4.78 is 0. The molecule has 1 saturated carbocycles. The van der Waals surface area contributed by atoms with Crippen LogP contribution in [-0.4, -0.2) is 18.4 Å². The molecule has 2 amide bonds. The van der Waals surface area contributed by atoms with Gasteiger partial charge in [-0.2, -0.15) is 0 Å². The van der Waals surface area contributed by atoms with E-state index in [1.165, 1.54) is 0 Å². The Morgan fingerprint density at radius 2 is 1.58 bits per heavy atom. The largest absolute Gasteiger partial charge is 0.355 e. The molecule has 136 valence electrons. The van der Waals surface area contributed by atoms with E-state index in [1.807, 2.05) is 36.4 Å². The molecule has 26 heavy (non-hydrogen) atoms. The lowest BCUT2D eigenvalue weighted by Gasteiger charge is -2.15. The second-order valence-electron chi connectivity index (χ2n) is 6.53. The Hall–Kier alpha value is -2.04. The Kier molecular flexibility index (Phi) is 5.84. The van der Waals surface area contributed by atoms with E-state index in [0.29, 0.717) is 42.4 Å². The van der Waals surface area contributed by atoms with E-state index in [4.69, 9.17) is 23.2 Å². The summed E-state index contributed by atoms with van der Waals surface area (Å²) in [4.78, 5) is 24.9. The molecule has 1 fully saturated rings. The molecule has 0 spiro atoms. The molecule has 0 saturated heterocycles. The van der Waals surface area contributed by atoms with Gasteiger partial charge in [0.1, 0.15) is 5.41 Å². The lowest BCUT2D eigenvalue weighted by atomic mass is 10.0. The molecular formula is C20H20Cl2N2O2. The molecule has 6 heteroatoms. The zero-order valence-corrected chi connectivity index (χ0v) is 15.7. The van der Waals surface area contributed by atoms with Crippen molar-refractivity contribution in [2.45, 2.75) is 25.8 Å². The van der Waals surface area contributed by atoms with Crippen LogP contribution in [0.3, 0.4) is 0 Å². The van der Waals surface area contributed by atoms with Crippen molar-refractivity contribution in [1.29, 1.82) is 0 Å². The zero-order valence-electron chi connectivity index (χ0n) is 14.2. The van der Waals surface area contributed by atoms with Gasteiger partial charge >= 0.3 is 0 Å². The highest BCUT2D eigenvalue weighted by Crippen LogP contribution is 2.46. The van der Waals surface area contributed by atoms with Crippen LogP contribution in [-0.2, 0) is 22.6 Å². The zero-order chi connectivity index (χ0) is 18.6. The number of nitrogens with one attached hydrogen (secondary N) is 2. The summed E-state index contributed by atoms with van der Waals surface area (Å²) >= 11 is 11.8. The van der Waals surface area contributed by atoms with E-state index >= 15 is 0 Å². The van der Waals surface area contributed by atoms with Crippen LogP contribution >= 0.6 is 23.2 Å². The van der Waals surface area contributed by atoms with E-state index in [1.54, 1.807) is 12.1 Å². The molecule has 2 N–H and O–H groups in total. The van der Waals surface area contributed by atoms with Gasteiger partial charge in [-0.05, 0) is 54.7 Å². The maximum absolute atomic E-state index is 12.5. The third kappa shape index (κ3) is 4.57.